The molecule has 0 unspecified atom stereocenters. The first-order valence-corrected chi connectivity index (χ1v) is 11.8. The van der Waals surface area contributed by atoms with Gasteiger partial charge >= 0.3 is 0 Å². The first kappa shape index (κ1) is 21.2. The largest absolute Gasteiger partial charge is 0.243 e. The van der Waals surface area contributed by atoms with Crippen LogP contribution in [0, 0.1) is 19.7 Å². The van der Waals surface area contributed by atoms with Crippen LogP contribution in [0.2, 0.25) is 5.02 Å². The average molecular weight is 447 g/mol. The van der Waals surface area contributed by atoms with Crippen LogP contribution in [0.3, 0.4) is 0 Å². The molecular weight excluding hydrogens is 427 g/mol. The van der Waals surface area contributed by atoms with Gasteiger partial charge in [-0.05, 0) is 49.2 Å². The minimum Gasteiger partial charge on any atom is -0.207 e. The Labute approximate surface area is 169 Å². The van der Waals surface area contributed by atoms with Gasteiger partial charge in [-0.3, -0.25) is 0 Å². The van der Waals surface area contributed by atoms with E-state index in [1.165, 1.54) is 8.61 Å². The molecule has 3 rings (SSSR count). The Kier molecular flexibility index (Phi) is 5.84. The van der Waals surface area contributed by atoms with E-state index in [0.717, 1.165) is 23.8 Å². The van der Waals surface area contributed by atoms with Crippen molar-refractivity contribution < 1.29 is 21.2 Å². The van der Waals surface area contributed by atoms with E-state index in [4.69, 9.17) is 11.6 Å². The molecule has 1 aliphatic rings. The predicted molar refractivity (Wildman–Crippen MR) is 105 cm³/mol. The summed E-state index contributed by atoms with van der Waals surface area (Å²) in [5, 5.41) is -0.280. The summed E-state index contributed by atoms with van der Waals surface area (Å²) in [4.78, 5) is 0.110. The standard InChI is InChI=1S/C18H20ClFN2O4S2/c1-13-3-4-14(2)18(11-13)28(25,26)22-9-7-21(8-10-22)27(23,24)15-5-6-17(20)16(19)12-15/h3-6,11-12H,7-10H2,1-2H3. The molecule has 0 atom stereocenters. The number of piperazine rings is 1. The predicted octanol–water partition coefficient (Wildman–Crippen LogP) is 2.79. The zero-order valence-electron chi connectivity index (χ0n) is 15.4. The molecule has 10 heteroatoms. The van der Waals surface area contributed by atoms with Gasteiger partial charge in [0.1, 0.15) is 5.82 Å². The number of hydrogen-bond donors (Lipinski definition) is 0. The first-order valence-electron chi connectivity index (χ1n) is 8.56. The number of hydrogen-bond acceptors (Lipinski definition) is 4. The second-order valence-electron chi connectivity index (χ2n) is 6.65. The van der Waals surface area contributed by atoms with Crippen LogP contribution >= 0.6 is 11.6 Å². The Morgan fingerprint density at radius 1 is 0.857 bits per heavy atom. The molecule has 2 aromatic rings. The molecule has 1 saturated heterocycles. The summed E-state index contributed by atoms with van der Waals surface area (Å²) in [7, 11) is -7.61. The summed E-state index contributed by atoms with van der Waals surface area (Å²) in [6, 6.07) is 8.42. The highest BCUT2D eigenvalue weighted by Gasteiger charge is 2.34. The van der Waals surface area contributed by atoms with Crippen molar-refractivity contribution in [2.24, 2.45) is 0 Å². The van der Waals surface area contributed by atoms with Crippen LogP contribution in [0.1, 0.15) is 11.1 Å². The van der Waals surface area contributed by atoms with E-state index in [2.05, 4.69) is 0 Å². The van der Waals surface area contributed by atoms with E-state index >= 15 is 0 Å². The molecule has 0 spiro atoms. The highest BCUT2D eigenvalue weighted by atomic mass is 35.5. The minimum absolute atomic E-state index is 0.00141. The van der Waals surface area contributed by atoms with E-state index in [9.17, 15) is 21.2 Å². The molecule has 0 radical (unpaired) electrons. The summed E-state index contributed by atoms with van der Waals surface area (Å²) >= 11 is 5.69. The number of rotatable bonds is 4. The zero-order chi connectivity index (χ0) is 20.7. The number of benzene rings is 2. The van der Waals surface area contributed by atoms with E-state index in [0.29, 0.717) is 5.56 Å². The van der Waals surface area contributed by atoms with Crippen LogP contribution in [0.4, 0.5) is 4.39 Å². The molecule has 1 aliphatic heterocycles. The van der Waals surface area contributed by atoms with Gasteiger partial charge in [0.25, 0.3) is 0 Å². The lowest BCUT2D eigenvalue weighted by molar-refractivity contribution is 0.272. The van der Waals surface area contributed by atoms with Crippen molar-refractivity contribution in [2.45, 2.75) is 23.6 Å². The fourth-order valence-electron chi connectivity index (χ4n) is 3.06. The maximum Gasteiger partial charge on any atom is 0.243 e. The summed E-state index contributed by atoms with van der Waals surface area (Å²) in [6.45, 7) is 3.61. The van der Waals surface area contributed by atoms with Crippen LogP contribution < -0.4 is 0 Å². The van der Waals surface area contributed by atoms with Gasteiger partial charge in [-0.1, -0.05) is 23.7 Å². The van der Waals surface area contributed by atoms with Crippen LogP contribution in [-0.4, -0.2) is 51.6 Å². The van der Waals surface area contributed by atoms with Crippen LogP contribution in [0.5, 0.6) is 0 Å². The lowest BCUT2D eigenvalue weighted by Gasteiger charge is -2.33. The van der Waals surface area contributed by atoms with Gasteiger partial charge in [0.15, 0.2) is 0 Å². The van der Waals surface area contributed by atoms with Gasteiger partial charge in [-0.2, -0.15) is 8.61 Å². The van der Waals surface area contributed by atoms with Gasteiger partial charge in [0, 0.05) is 26.2 Å². The maximum atomic E-state index is 13.3. The summed E-state index contributed by atoms with van der Waals surface area (Å²) < 4.78 is 67.2. The minimum atomic E-state index is -3.89. The third-order valence-corrected chi connectivity index (χ3v) is 8.91. The highest BCUT2D eigenvalue weighted by Crippen LogP contribution is 2.26. The molecule has 152 valence electrons. The fraction of sp³-hybridized carbons (Fsp3) is 0.333. The first-order chi connectivity index (χ1) is 13.0. The summed E-state index contributed by atoms with van der Waals surface area (Å²) in [5.74, 6) is -0.704. The van der Waals surface area contributed by atoms with Crippen LogP contribution in [0.15, 0.2) is 46.2 Å². The molecule has 2 aromatic carbocycles. The normalized spacial score (nSPS) is 17.0. The van der Waals surface area contributed by atoms with Gasteiger partial charge in [-0.25, -0.2) is 21.2 Å². The second kappa shape index (κ2) is 7.72. The average Bonchev–Trinajstić information content (AvgIpc) is 2.65. The molecule has 0 bridgehead atoms. The van der Waals surface area contributed by atoms with E-state index in [1.807, 2.05) is 13.0 Å². The monoisotopic (exact) mass is 446 g/mol. The molecule has 0 aromatic heterocycles. The van der Waals surface area contributed by atoms with Gasteiger partial charge in [0.2, 0.25) is 20.0 Å². The molecule has 1 heterocycles. The lowest BCUT2D eigenvalue weighted by Crippen LogP contribution is -2.50. The van der Waals surface area contributed by atoms with Gasteiger partial charge < -0.3 is 0 Å². The topological polar surface area (TPSA) is 74.8 Å². The van der Waals surface area contributed by atoms with Crippen LogP contribution in [-0.2, 0) is 20.0 Å². The molecule has 0 amide bonds. The van der Waals surface area contributed by atoms with Crippen molar-refractivity contribution in [3.05, 3.63) is 58.4 Å². The Bertz CT molecular complexity index is 1110. The van der Waals surface area contributed by atoms with Gasteiger partial charge in [0.05, 0.1) is 14.8 Å². The Balaban J connectivity index is 1.80. The molecule has 0 N–H and O–H groups in total. The number of sulfonamides is 2. The molecule has 0 saturated carbocycles. The number of aryl methyl sites for hydroxylation is 2. The third-order valence-electron chi connectivity index (χ3n) is 4.69. The van der Waals surface area contributed by atoms with Crippen molar-refractivity contribution in [1.82, 2.24) is 8.61 Å². The molecule has 0 aliphatic carbocycles. The van der Waals surface area contributed by atoms with Crippen molar-refractivity contribution in [1.29, 1.82) is 0 Å². The Morgan fingerprint density at radius 2 is 1.43 bits per heavy atom. The van der Waals surface area contributed by atoms with Crippen molar-refractivity contribution >= 4 is 31.6 Å². The van der Waals surface area contributed by atoms with Crippen molar-refractivity contribution in [2.75, 3.05) is 26.2 Å². The lowest BCUT2D eigenvalue weighted by atomic mass is 10.2. The number of halogens is 2. The molecule has 28 heavy (non-hydrogen) atoms. The number of nitrogens with zero attached hydrogens (tertiary/aromatic N) is 2. The van der Waals surface area contributed by atoms with Crippen LogP contribution in [0.25, 0.3) is 0 Å². The van der Waals surface area contributed by atoms with E-state index < -0.39 is 25.9 Å². The van der Waals surface area contributed by atoms with Crippen molar-refractivity contribution in [3.63, 3.8) is 0 Å². The molecule has 1 fully saturated rings. The fourth-order valence-corrected chi connectivity index (χ4v) is 6.49. The SMILES string of the molecule is Cc1ccc(C)c(S(=O)(=O)N2CCN(S(=O)(=O)c3ccc(F)c(Cl)c3)CC2)c1. The summed E-state index contributed by atoms with van der Waals surface area (Å²) in [6.07, 6.45) is 0. The third kappa shape index (κ3) is 3.95. The highest BCUT2D eigenvalue weighted by molar-refractivity contribution is 7.89. The van der Waals surface area contributed by atoms with Gasteiger partial charge in [-0.15, -0.1) is 0 Å². The molecular formula is C18H20ClFN2O4S2. The summed E-state index contributed by atoms with van der Waals surface area (Å²) in [5.41, 5.74) is 1.47. The maximum absolute atomic E-state index is 13.3. The Morgan fingerprint density at radius 3 is 2.00 bits per heavy atom. The Hall–Kier alpha value is -1.52. The van der Waals surface area contributed by atoms with Crippen molar-refractivity contribution in [3.8, 4) is 0 Å². The quantitative estimate of drug-likeness (QED) is 0.723. The molecule has 6 nitrogen and oxygen atoms in total. The zero-order valence-corrected chi connectivity index (χ0v) is 17.8. The van der Waals surface area contributed by atoms with E-state index in [1.54, 1.807) is 19.1 Å². The van der Waals surface area contributed by atoms with E-state index in [-0.39, 0.29) is 41.0 Å². The smallest absolute Gasteiger partial charge is 0.207 e. The second-order valence-corrected chi connectivity index (χ2v) is 10.9.